The van der Waals surface area contributed by atoms with Crippen molar-refractivity contribution >= 4 is 26.3 Å². The van der Waals surface area contributed by atoms with Crippen LogP contribution in [0.1, 0.15) is 5.56 Å². The van der Waals surface area contributed by atoms with Crippen molar-refractivity contribution in [3.63, 3.8) is 0 Å². The third kappa shape index (κ3) is 2.68. The fraction of sp³-hybridized carbons (Fsp3) is 0.0588. The van der Waals surface area contributed by atoms with Crippen molar-refractivity contribution < 1.29 is 13.3 Å². The van der Waals surface area contributed by atoms with E-state index in [0.29, 0.717) is 10.8 Å². The molecule has 0 aliphatic heterocycles. The Kier molecular flexibility index (Phi) is 3.61. The lowest BCUT2D eigenvalue weighted by molar-refractivity contribution is -0.387. The van der Waals surface area contributed by atoms with E-state index in [1.54, 1.807) is 24.3 Å². The van der Waals surface area contributed by atoms with Gasteiger partial charge in [0.2, 0.25) is 9.84 Å². The van der Waals surface area contributed by atoms with E-state index in [2.05, 4.69) is 0 Å². The van der Waals surface area contributed by atoms with Gasteiger partial charge in [0, 0.05) is 6.07 Å². The van der Waals surface area contributed by atoms with Crippen LogP contribution in [0.4, 0.5) is 5.69 Å². The predicted octanol–water partition coefficient (Wildman–Crippen LogP) is 3.89. The van der Waals surface area contributed by atoms with E-state index in [4.69, 9.17) is 0 Å². The molecule has 23 heavy (non-hydrogen) atoms. The van der Waals surface area contributed by atoms with E-state index in [1.807, 2.05) is 19.1 Å². The molecule has 0 radical (unpaired) electrons. The minimum atomic E-state index is -3.96. The molecule has 3 aromatic rings. The molecule has 0 aromatic heterocycles. The van der Waals surface area contributed by atoms with E-state index in [9.17, 15) is 18.5 Å². The molecule has 0 atom stereocenters. The Morgan fingerprint density at radius 3 is 2.26 bits per heavy atom. The van der Waals surface area contributed by atoms with Crippen molar-refractivity contribution in [2.45, 2.75) is 16.7 Å². The van der Waals surface area contributed by atoms with Crippen LogP contribution in [0.15, 0.2) is 70.5 Å². The van der Waals surface area contributed by atoms with Crippen LogP contribution in [0.5, 0.6) is 0 Å². The number of fused-ring (bicyclic) bond motifs is 1. The van der Waals surface area contributed by atoms with Gasteiger partial charge in [-0.25, -0.2) is 8.42 Å². The van der Waals surface area contributed by atoms with Crippen LogP contribution in [0.25, 0.3) is 10.8 Å². The van der Waals surface area contributed by atoms with E-state index < -0.39 is 20.4 Å². The van der Waals surface area contributed by atoms with Crippen molar-refractivity contribution in [2.24, 2.45) is 0 Å². The fourth-order valence-corrected chi connectivity index (χ4v) is 3.93. The van der Waals surface area contributed by atoms with Crippen molar-refractivity contribution in [1.82, 2.24) is 0 Å². The molecule has 0 fully saturated rings. The maximum absolute atomic E-state index is 12.8. The summed E-state index contributed by atoms with van der Waals surface area (Å²) in [7, 11) is -3.96. The number of benzene rings is 3. The lowest BCUT2D eigenvalue weighted by Gasteiger charge is -2.08. The SMILES string of the molecule is Cc1ccc2cc([N+](=O)[O-])c(S(=O)(=O)c3ccccc3)cc2c1. The lowest BCUT2D eigenvalue weighted by atomic mass is 10.1. The smallest absolute Gasteiger partial charge is 0.258 e. The molecule has 3 aromatic carbocycles. The summed E-state index contributed by atoms with van der Waals surface area (Å²) < 4.78 is 25.6. The largest absolute Gasteiger partial charge is 0.288 e. The molecule has 116 valence electrons. The number of hydrogen-bond acceptors (Lipinski definition) is 4. The molecule has 0 bridgehead atoms. The molecule has 0 spiro atoms. The number of nitro benzene ring substituents is 1. The normalized spacial score (nSPS) is 11.5. The van der Waals surface area contributed by atoms with E-state index in [1.165, 1.54) is 24.3 Å². The average molecular weight is 327 g/mol. The van der Waals surface area contributed by atoms with Crippen molar-refractivity contribution in [3.8, 4) is 0 Å². The first-order valence-corrected chi connectivity index (χ1v) is 8.37. The van der Waals surface area contributed by atoms with Crippen LogP contribution in [0.2, 0.25) is 0 Å². The second kappa shape index (κ2) is 5.48. The summed E-state index contributed by atoms with van der Waals surface area (Å²) in [6, 6.07) is 15.8. The first-order valence-electron chi connectivity index (χ1n) is 6.88. The molecular weight excluding hydrogens is 314 g/mol. The molecule has 0 amide bonds. The topological polar surface area (TPSA) is 77.3 Å². The average Bonchev–Trinajstić information content (AvgIpc) is 2.54. The fourth-order valence-electron chi connectivity index (χ4n) is 2.47. The Bertz CT molecular complexity index is 1010. The van der Waals surface area contributed by atoms with E-state index >= 15 is 0 Å². The van der Waals surface area contributed by atoms with Gasteiger partial charge >= 0.3 is 0 Å². The van der Waals surface area contributed by atoms with Crippen LogP contribution >= 0.6 is 0 Å². The summed E-state index contributed by atoms with van der Waals surface area (Å²) in [5.74, 6) is 0. The molecular formula is C17H13NO4S. The summed E-state index contributed by atoms with van der Waals surface area (Å²) in [4.78, 5) is 10.4. The predicted molar refractivity (Wildman–Crippen MR) is 87.2 cm³/mol. The summed E-state index contributed by atoms with van der Waals surface area (Å²) >= 11 is 0. The maximum Gasteiger partial charge on any atom is 0.288 e. The minimum absolute atomic E-state index is 0.0371. The first kappa shape index (κ1) is 15.2. The van der Waals surface area contributed by atoms with Gasteiger partial charge in [-0.15, -0.1) is 0 Å². The second-order valence-corrected chi connectivity index (χ2v) is 7.16. The highest BCUT2D eigenvalue weighted by atomic mass is 32.2. The van der Waals surface area contributed by atoms with E-state index in [0.717, 1.165) is 5.56 Å². The highest BCUT2D eigenvalue weighted by Crippen LogP contribution is 2.33. The lowest BCUT2D eigenvalue weighted by Crippen LogP contribution is -2.06. The van der Waals surface area contributed by atoms with Gasteiger partial charge in [-0.05, 0) is 35.9 Å². The zero-order valence-corrected chi connectivity index (χ0v) is 13.1. The molecule has 0 aliphatic rings. The van der Waals surface area contributed by atoms with Crippen LogP contribution in [-0.4, -0.2) is 13.3 Å². The maximum atomic E-state index is 12.8. The zero-order chi connectivity index (χ0) is 16.6. The number of hydrogen-bond donors (Lipinski definition) is 0. The quantitative estimate of drug-likeness (QED) is 0.540. The Morgan fingerprint density at radius 2 is 1.61 bits per heavy atom. The highest BCUT2D eigenvalue weighted by Gasteiger charge is 2.28. The summed E-state index contributed by atoms with van der Waals surface area (Å²) in [5, 5.41) is 12.6. The Balaban J connectivity index is 2.35. The van der Waals surface area contributed by atoms with Crippen molar-refractivity contribution in [2.75, 3.05) is 0 Å². The van der Waals surface area contributed by atoms with Gasteiger partial charge in [0.15, 0.2) is 0 Å². The third-order valence-electron chi connectivity index (χ3n) is 3.61. The minimum Gasteiger partial charge on any atom is -0.258 e. The molecule has 3 rings (SSSR count). The molecule has 0 saturated heterocycles. The van der Waals surface area contributed by atoms with Crippen LogP contribution in [0.3, 0.4) is 0 Å². The third-order valence-corrected chi connectivity index (χ3v) is 5.41. The number of nitro groups is 1. The van der Waals surface area contributed by atoms with Gasteiger partial charge in [-0.3, -0.25) is 10.1 Å². The monoisotopic (exact) mass is 327 g/mol. The first-order chi connectivity index (χ1) is 10.9. The number of aryl methyl sites for hydroxylation is 1. The van der Waals surface area contributed by atoms with Gasteiger partial charge < -0.3 is 0 Å². The molecule has 0 N–H and O–H groups in total. The van der Waals surface area contributed by atoms with Gasteiger partial charge in [0.05, 0.1) is 9.82 Å². The van der Waals surface area contributed by atoms with Crippen LogP contribution in [-0.2, 0) is 9.84 Å². The Labute approximate surface area is 133 Å². The molecule has 0 saturated carbocycles. The highest BCUT2D eigenvalue weighted by molar-refractivity contribution is 7.91. The van der Waals surface area contributed by atoms with Crippen molar-refractivity contribution in [1.29, 1.82) is 0 Å². The van der Waals surface area contributed by atoms with Gasteiger partial charge in [0.25, 0.3) is 5.69 Å². The summed E-state index contributed by atoms with van der Waals surface area (Å²) in [6.07, 6.45) is 0. The standard InChI is InChI=1S/C17H13NO4S/c1-12-7-8-13-10-16(18(19)20)17(11-14(13)9-12)23(21,22)15-5-3-2-4-6-15/h2-11H,1H3. The van der Waals surface area contributed by atoms with Gasteiger partial charge in [-0.1, -0.05) is 42.0 Å². The molecule has 0 heterocycles. The van der Waals surface area contributed by atoms with E-state index in [-0.39, 0.29) is 9.79 Å². The summed E-state index contributed by atoms with van der Waals surface area (Å²) in [5.41, 5.74) is 0.541. The van der Waals surface area contributed by atoms with Gasteiger partial charge in [0.1, 0.15) is 4.90 Å². The molecule has 6 heteroatoms. The number of nitrogens with zero attached hydrogens (tertiary/aromatic N) is 1. The number of rotatable bonds is 3. The number of sulfone groups is 1. The Morgan fingerprint density at radius 1 is 0.913 bits per heavy atom. The summed E-state index contributed by atoms with van der Waals surface area (Å²) in [6.45, 7) is 1.88. The zero-order valence-electron chi connectivity index (χ0n) is 12.3. The second-order valence-electron chi connectivity index (χ2n) is 5.24. The molecule has 5 nitrogen and oxygen atoms in total. The van der Waals surface area contributed by atoms with Gasteiger partial charge in [-0.2, -0.15) is 0 Å². The van der Waals surface area contributed by atoms with Crippen LogP contribution in [0, 0.1) is 17.0 Å². The molecule has 0 unspecified atom stereocenters. The van der Waals surface area contributed by atoms with Crippen LogP contribution < -0.4 is 0 Å². The molecule has 0 aliphatic carbocycles. The van der Waals surface area contributed by atoms with Crippen molar-refractivity contribution in [3.05, 3.63) is 76.3 Å². The Hall–Kier alpha value is -2.73.